The van der Waals surface area contributed by atoms with Gasteiger partial charge in [-0.25, -0.2) is 4.98 Å². The largest absolute Gasteiger partial charge is 0.454 e. The van der Waals surface area contributed by atoms with Crippen LogP contribution in [0.4, 0.5) is 0 Å². The van der Waals surface area contributed by atoms with Crippen LogP contribution in [0.15, 0.2) is 30.9 Å². The Balaban J connectivity index is 1.55. The van der Waals surface area contributed by atoms with Crippen LogP contribution in [0.3, 0.4) is 0 Å². The first-order valence-corrected chi connectivity index (χ1v) is 6.74. The molecule has 7 heteroatoms. The topological polar surface area (TPSA) is 78.3 Å². The van der Waals surface area contributed by atoms with Gasteiger partial charge in [0, 0.05) is 6.42 Å². The van der Waals surface area contributed by atoms with Crippen molar-refractivity contribution in [1.82, 2.24) is 20.1 Å². The molecular formula is C14H16N4O3. The number of benzene rings is 1. The summed E-state index contributed by atoms with van der Waals surface area (Å²) < 4.78 is 12.2. The second-order valence-electron chi connectivity index (χ2n) is 4.81. The van der Waals surface area contributed by atoms with Crippen LogP contribution in [0, 0.1) is 0 Å². The van der Waals surface area contributed by atoms with Gasteiger partial charge >= 0.3 is 0 Å². The molecule has 2 heterocycles. The third-order valence-corrected chi connectivity index (χ3v) is 3.31. The van der Waals surface area contributed by atoms with Crippen LogP contribution < -0.4 is 14.8 Å². The molecule has 110 valence electrons. The number of aromatic nitrogens is 3. The molecule has 0 radical (unpaired) electrons. The monoisotopic (exact) mass is 288 g/mol. The molecule has 1 aromatic heterocycles. The molecule has 1 atom stereocenters. The Morgan fingerprint density at radius 1 is 1.43 bits per heavy atom. The van der Waals surface area contributed by atoms with E-state index in [0.29, 0.717) is 13.0 Å². The van der Waals surface area contributed by atoms with Gasteiger partial charge in [0.1, 0.15) is 12.7 Å². The number of ether oxygens (including phenoxy) is 2. The van der Waals surface area contributed by atoms with Crippen molar-refractivity contribution < 1.29 is 14.3 Å². The average Bonchev–Trinajstić information content (AvgIpc) is 3.15. The smallest absolute Gasteiger partial charge is 0.231 e. The molecule has 7 nitrogen and oxygen atoms in total. The van der Waals surface area contributed by atoms with E-state index in [1.165, 1.54) is 6.33 Å². The summed E-state index contributed by atoms with van der Waals surface area (Å²) >= 11 is 0. The van der Waals surface area contributed by atoms with E-state index in [1.54, 1.807) is 11.0 Å². The Morgan fingerprint density at radius 2 is 2.29 bits per heavy atom. The Morgan fingerprint density at radius 3 is 3.10 bits per heavy atom. The van der Waals surface area contributed by atoms with Crippen LogP contribution in [-0.4, -0.2) is 27.5 Å². The van der Waals surface area contributed by atoms with Crippen LogP contribution in [0.1, 0.15) is 24.9 Å². The standard InChI is InChI=1S/C14H16N4O3/c1-10(11-2-3-12-13(6-11)21-9-20-12)17-14(19)4-5-18-8-15-7-16-18/h2-3,6-8,10H,4-5,9H2,1H3,(H,17,19). The number of rotatable bonds is 5. The van der Waals surface area contributed by atoms with Gasteiger partial charge in [-0.2, -0.15) is 5.10 Å². The van der Waals surface area contributed by atoms with Gasteiger partial charge in [-0.15, -0.1) is 0 Å². The van der Waals surface area contributed by atoms with Crippen molar-refractivity contribution in [2.75, 3.05) is 6.79 Å². The van der Waals surface area contributed by atoms with E-state index < -0.39 is 0 Å². The highest BCUT2D eigenvalue weighted by atomic mass is 16.7. The summed E-state index contributed by atoms with van der Waals surface area (Å²) in [5.41, 5.74) is 0.980. The molecule has 0 saturated carbocycles. The van der Waals surface area contributed by atoms with Crippen LogP contribution in [-0.2, 0) is 11.3 Å². The summed E-state index contributed by atoms with van der Waals surface area (Å²) in [4.78, 5) is 15.8. The summed E-state index contributed by atoms with van der Waals surface area (Å²) in [6.07, 6.45) is 3.40. The van der Waals surface area contributed by atoms with E-state index in [-0.39, 0.29) is 18.7 Å². The number of hydrogen-bond donors (Lipinski definition) is 1. The minimum Gasteiger partial charge on any atom is -0.454 e. The normalized spacial score (nSPS) is 14.0. The van der Waals surface area contributed by atoms with E-state index in [2.05, 4.69) is 15.4 Å². The highest BCUT2D eigenvalue weighted by molar-refractivity contribution is 5.76. The van der Waals surface area contributed by atoms with Gasteiger partial charge in [-0.05, 0) is 24.6 Å². The first-order chi connectivity index (χ1) is 10.2. The molecule has 1 unspecified atom stereocenters. The number of nitrogens with one attached hydrogen (secondary N) is 1. The fourth-order valence-corrected chi connectivity index (χ4v) is 2.14. The lowest BCUT2D eigenvalue weighted by molar-refractivity contribution is -0.122. The number of carbonyl (C=O) groups is 1. The van der Waals surface area contributed by atoms with Gasteiger partial charge in [0.25, 0.3) is 0 Å². The van der Waals surface area contributed by atoms with Gasteiger partial charge in [-0.1, -0.05) is 6.07 Å². The lowest BCUT2D eigenvalue weighted by Gasteiger charge is -2.14. The summed E-state index contributed by atoms with van der Waals surface area (Å²) in [5, 5.41) is 6.91. The maximum absolute atomic E-state index is 11.9. The average molecular weight is 288 g/mol. The van der Waals surface area contributed by atoms with Gasteiger partial charge < -0.3 is 14.8 Å². The molecule has 1 amide bonds. The molecule has 2 aromatic rings. The number of amides is 1. The molecule has 1 N–H and O–H groups in total. The highest BCUT2D eigenvalue weighted by Crippen LogP contribution is 2.34. The van der Waals surface area contributed by atoms with Crippen molar-refractivity contribution in [3.63, 3.8) is 0 Å². The van der Waals surface area contributed by atoms with Gasteiger partial charge in [0.2, 0.25) is 12.7 Å². The molecule has 0 spiro atoms. The minimum atomic E-state index is -0.0947. The zero-order valence-corrected chi connectivity index (χ0v) is 11.7. The highest BCUT2D eigenvalue weighted by Gasteiger charge is 2.16. The van der Waals surface area contributed by atoms with E-state index in [9.17, 15) is 4.79 Å². The van der Waals surface area contributed by atoms with Crippen molar-refractivity contribution in [1.29, 1.82) is 0 Å². The summed E-state index contributed by atoms with van der Waals surface area (Å²) in [6.45, 7) is 2.70. The Hall–Kier alpha value is -2.57. The van der Waals surface area contributed by atoms with Gasteiger partial charge in [-0.3, -0.25) is 9.48 Å². The number of hydrogen-bond acceptors (Lipinski definition) is 5. The molecule has 1 aliphatic rings. The zero-order chi connectivity index (χ0) is 14.7. The predicted octanol–water partition coefficient (Wildman–Crippen LogP) is 1.27. The summed E-state index contributed by atoms with van der Waals surface area (Å²) in [6, 6.07) is 5.58. The third-order valence-electron chi connectivity index (χ3n) is 3.31. The van der Waals surface area contributed by atoms with Crippen molar-refractivity contribution in [3.8, 4) is 11.5 Å². The summed E-state index contributed by atoms with van der Waals surface area (Å²) in [7, 11) is 0. The molecule has 21 heavy (non-hydrogen) atoms. The molecule has 0 fully saturated rings. The molecule has 1 aliphatic heterocycles. The van der Waals surface area contributed by atoms with Crippen LogP contribution in [0.25, 0.3) is 0 Å². The molecule has 0 aliphatic carbocycles. The van der Waals surface area contributed by atoms with E-state index in [0.717, 1.165) is 17.1 Å². The molecular weight excluding hydrogens is 272 g/mol. The SMILES string of the molecule is CC(NC(=O)CCn1cncn1)c1ccc2c(c1)OCO2. The molecule has 1 aromatic carbocycles. The fourth-order valence-electron chi connectivity index (χ4n) is 2.14. The molecule has 3 rings (SSSR count). The Bertz CT molecular complexity index is 627. The van der Waals surface area contributed by atoms with E-state index >= 15 is 0 Å². The fraction of sp³-hybridized carbons (Fsp3) is 0.357. The van der Waals surface area contributed by atoms with Gasteiger partial charge in [0.05, 0.1) is 12.6 Å². The molecule has 0 bridgehead atoms. The quantitative estimate of drug-likeness (QED) is 0.896. The van der Waals surface area contributed by atoms with Crippen molar-refractivity contribution >= 4 is 5.91 Å². The van der Waals surface area contributed by atoms with Gasteiger partial charge in [0.15, 0.2) is 11.5 Å². The lowest BCUT2D eigenvalue weighted by atomic mass is 10.1. The molecule has 0 saturated heterocycles. The second kappa shape index (κ2) is 5.82. The number of fused-ring (bicyclic) bond motifs is 1. The Kier molecular flexibility index (Phi) is 3.72. The van der Waals surface area contributed by atoms with Crippen LogP contribution in [0.5, 0.6) is 11.5 Å². The van der Waals surface area contributed by atoms with Crippen molar-refractivity contribution in [2.45, 2.75) is 25.9 Å². The third kappa shape index (κ3) is 3.13. The minimum absolute atomic E-state index is 0.0318. The number of nitrogens with zero attached hydrogens (tertiary/aromatic N) is 3. The maximum atomic E-state index is 11.9. The predicted molar refractivity (Wildman–Crippen MR) is 73.8 cm³/mol. The maximum Gasteiger partial charge on any atom is 0.231 e. The van der Waals surface area contributed by atoms with Crippen molar-refractivity contribution in [2.24, 2.45) is 0 Å². The Labute approximate surface area is 121 Å². The van der Waals surface area contributed by atoms with E-state index in [4.69, 9.17) is 9.47 Å². The van der Waals surface area contributed by atoms with Crippen LogP contribution in [0.2, 0.25) is 0 Å². The summed E-state index contributed by atoms with van der Waals surface area (Å²) in [5.74, 6) is 1.43. The first-order valence-electron chi connectivity index (χ1n) is 6.74. The van der Waals surface area contributed by atoms with E-state index in [1.807, 2.05) is 25.1 Å². The van der Waals surface area contributed by atoms with Crippen LogP contribution >= 0.6 is 0 Å². The second-order valence-corrected chi connectivity index (χ2v) is 4.81. The number of aryl methyl sites for hydroxylation is 1. The van der Waals surface area contributed by atoms with Crippen molar-refractivity contribution in [3.05, 3.63) is 36.4 Å². The zero-order valence-electron chi connectivity index (χ0n) is 11.7. The lowest BCUT2D eigenvalue weighted by Crippen LogP contribution is -2.27. The first kappa shape index (κ1) is 13.4. The number of carbonyl (C=O) groups excluding carboxylic acids is 1.